The summed E-state index contributed by atoms with van der Waals surface area (Å²) in [6, 6.07) is 12.6. The van der Waals surface area contributed by atoms with Crippen LogP contribution in [0.2, 0.25) is 0 Å². The summed E-state index contributed by atoms with van der Waals surface area (Å²) in [4.78, 5) is 14.3. The third-order valence-electron chi connectivity index (χ3n) is 2.77. The second-order valence-electron chi connectivity index (χ2n) is 4.18. The minimum atomic E-state index is -0.277. The Morgan fingerprint density at radius 2 is 1.95 bits per heavy atom. The van der Waals surface area contributed by atoms with Gasteiger partial charge in [-0.25, -0.2) is 0 Å². The molecule has 0 atom stereocenters. The van der Waals surface area contributed by atoms with E-state index in [1.165, 1.54) is 0 Å². The molecule has 0 saturated heterocycles. The number of allylic oxidation sites excluding steroid dienone is 1. The van der Waals surface area contributed by atoms with Crippen molar-refractivity contribution in [2.24, 2.45) is 0 Å². The van der Waals surface area contributed by atoms with Crippen molar-refractivity contribution in [3.63, 3.8) is 0 Å². The predicted molar refractivity (Wildman–Crippen MR) is 80.0 cm³/mol. The Hall–Kier alpha value is -2.38. The summed E-state index contributed by atoms with van der Waals surface area (Å²) in [5.74, 6) is 0.402. The number of ketones is 1. The lowest BCUT2D eigenvalue weighted by molar-refractivity contribution is 0.104. The summed E-state index contributed by atoms with van der Waals surface area (Å²) in [6.07, 6.45) is 1.63. The standard InChI is InChI=1S/C16H13NO2S/c1-11-3-8-15(20-11)9-13(10-17)16(18)12-4-6-14(19-2)7-5-12/h3-9H,1-2H3/b13-9+. The first-order valence-electron chi connectivity index (χ1n) is 6.01. The number of nitrogens with zero attached hydrogens (tertiary/aromatic N) is 1. The topological polar surface area (TPSA) is 50.1 Å². The number of aryl methyl sites for hydroxylation is 1. The fourth-order valence-corrected chi connectivity index (χ4v) is 2.54. The zero-order chi connectivity index (χ0) is 14.5. The molecular formula is C16H13NO2S. The van der Waals surface area contributed by atoms with Gasteiger partial charge in [0.25, 0.3) is 0 Å². The van der Waals surface area contributed by atoms with Crippen LogP contribution in [0.4, 0.5) is 0 Å². The van der Waals surface area contributed by atoms with Crippen LogP contribution in [0, 0.1) is 18.3 Å². The van der Waals surface area contributed by atoms with Crippen LogP contribution in [0.3, 0.4) is 0 Å². The van der Waals surface area contributed by atoms with Gasteiger partial charge < -0.3 is 4.74 Å². The highest BCUT2D eigenvalue weighted by Crippen LogP contribution is 2.20. The number of hydrogen-bond acceptors (Lipinski definition) is 4. The number of methoxy groups -OCH3 is 1. The highest BCUT2D eigenvalue weighted by molar-refractivity contribution is 7.12. The molecule has 3 nitrogen and oxygen atoms in total. The maximum atomic E-state index is 12.3. The van der Waals surface area contributed by atoms with Gasteiger partial charge in [0.1, 0.15) is 17.4 Å². The number of hydrogen-bond donors (Lipinski definition) is 0. The lowest BCUT2D eigenvalue weighted by Gasteiger charge is -2.01. The monoisotopic (exact) mass is 283 g/mol. The molecule has 20 heavy (non-hydrogen) atoms. The fraction of sp³-hybridized carbons (Fsp3) is 0.125. The second kappa shape index (κ2) is 6.18. The summed E-state index contributed by atoms with van der Waals surface area (Å²) in [7, 11) is 1.57. The second-order valence-corrected chi connectivity index (χ2v) is 5.50. The first-order chi connectivity index (χ1) is 9.63. The molecule has 0 radical (unpaired) electrons. The third kappa shape index (κ3) is 3.14. The molecule has 1 aromatic carbocycles. The molecule has 0 amide bonds. The zero-order valence-corrected chi connectivity index (χ0v) is 12.0. The summed E-state index contributed by atoms with van der Waals surface area (Å²) >= 11 is 1.55. The number of benzene rings is 1. The molecule has 1 aromatic heterocycles. The largest absolute Gasteiger partial charge is 0.497 e. The molecule has 0 fully saturated rings. The first kappa shape index (κ1) is 14.0. The Morgan fingerprint density at radius 3 is 2.45 bits per heavy atom. The molecule has 0 saturated carbocycles. The predicted octanol–water partition coefficient (Wildman–Crippen LogP) is 3.86. The van der Waals surface area contributed by atoms with E-state index < -0.39 is 0 Å². The van der Waals surface area contributed by atoms with Crippen LogP contribution in [-0.4, -0.2) is 12.9 Å². The lowest BCUT2D eigenvalue weighted by atomic mass is 10.0. The van der Waals surface area contributed by atoms with Crippen molar-refractivity contribution in [2.75, 3.05) is 7.11 Å². The van der Waals surface area contributed by atoms with Crippen LogP contribution in [0.1, 0.15) is 20.1 Å². The van der Waals surface area contributed by atoms with Crippen LogP contribution >= 0.6 is 11.3 Å². The molecule has 0 bridgehead atoms. The van der Waals surface area contributed by atoms with E-state index in [9.17, 15) is 4.79 Å². The van der Waals surface area contributed by atoms with Crippen molar-refractivity contribution in [1.82, 2.24) is 0 Å². The Labute approximate surface area is 121 Å². The van der Waals surface area contributed by atoms with Gasteiger partial charge in [-0.05, 0) is 49.4 Å². The zero-order valence-electron chi connectivity index (χ0n) is 11.2. The van der Waals surface area contributed by atoms with Crippen LogP contribution in [0.15, 0.2) is 42.0 Å². The van der Waals surface area contributed by atoms with Gasteiger partial charge in [0.15, 0.2) is 0 Å². The number of thiophene rings is 1. The van der Waals surface area contributed by atoms with Crippen molar-refractivity contribution in [3.8, 4) is 11.8 Å². The van der Waals surface area contributed by atoms with Gasteiger partial charge in [0.05, 0.1) is 7.11 Å². The number of nitriles is 1. The van der Waals surface area contributed by atoms with Gasteiger partial charge in [0.2, 0.25) is 5.78 Å². The maximum Gasteiger partial charge on any atom is 0.203 e. The third-order valence-corrected chi connectivity index (χ3v) is 3.71. The minimum Gasteiger partial charge on any atom is -0.497 e. The molecule has 0 unspecified atom stereocenters. The van der Waals surface area contributed by atoms with E-state index in [-0.39, 0.29) is 11.4 Å². The molecular weight excluding hydrogens is 270 g/mol. The van der Waals surface area contributed by atoms with Gasteiger partial charge in [-0.1, -0.05) is 0 Å². The molecule has 0 N–H and O–H groups in total. The number of rotatable bonds is 4. The minimum absolute atomic E-state index is 0.136. The summed E-state index contributed by atoms with van der Waals surface area (Å²) in [5, 5.41) is 9.17. The van der Waals surface area contributed by atoms with Crippen LogP contribution in [-0.2, 0) is 0 Å². The maximum absolute atomic E-state index is 12.3. The van der Waals surface area contributed by atoms with E-state index in [0.29, 0.717) is 11.3 Å². The average molecular weight is 283 g/mol. The smallest absolute Gasteiger partial charge is 0.203 e. The van der Waals surface area contributed by atoms with Gasteiger partial charge in [-0.3, -0.25) is 4.79 Å². The molecule has 1 heterocycles. The normalized spacial score (nSPS) is 10.9. The molecule has 0 aliphatic carbocycles. The van der Waals surface area contributed by atoms with Gasteiger partial charge in [-0.2, -0.15) is 5.26 Å². The molecule has 4 heteroatoms. The van der Waals surface area contributed by atoms with Gasteiger partial charge in [-0.15, -0.1) is 11.3 Å². The SMILES string of the molecule is COc1ccc(C(=O)/C(C#N)=C/c2ccc(C)s2)cc1. The van der Waals surface area contributed by atoms with Gasteiger partial charge in [0, 0.05) is 15.3 Å². The Morgan fingerprint density at radius 1 is 1.25 bits per heavy atom. The number of Topliss-reactive ketones (excluding diaryl/α,β-unsaturated/α-hetero) is 1. The van der Waals surface area contributed by atoms with E-state index >= 15 is 0 Å². The van der Waals surface area contributed by atoms with Crippen LogP contribution in [0.25, 0.3) is 6.08 Å². The highest BCUT2D eigenvalue weighted by atomic mass is 32.1. The quantitative estimate of drug-likeness (QED) is 0.486. The van der Waals surface area contributed by atoms with E-state index in [0.717, 1.165) is 9.75 Å². The Bertz CT molecular complexity index is 690. The van der Waals surface area contributed by atoms with Crippen molar-refractivity contribution in [2.45, 2.75) is 6.92 Å². The van der Waals surface area contributed by atoms with Crippen LogP contribution < -0.4 is 4.74 Å². The van der Waals surface area contributed by atoms with Crippen molar-refractivity contribution in [3.05, 3.63) is 57.3 Å². The Kier molecular flexibility index (Phi) is 4.34. The first-order valence-corrected chi connectivity index (χ1v) is 6.82. The fourth-order valence-electron chi connectivity index (χ4n) is 1.72. The van der Waals surface area contributed by atoms with E-state index in [4.69, 9.17) is 10.00 Å². The summed E-state index contributed by atoms with van der Waals surface area (Å²) in [6.45, 7) is 1.99. The Balaban J connectivity index is 2.29. The van der Waals surface area contributed by atoms with Crippen molar-refractivity contribution in [1.29, 1.82) is 5.26 Å². The van der Waals surface area contributed by atoms with E-state index in [1.807, 2.05) is 25.1 Å². The van der Waals surface area contributed by atoms with E-state index in [1.54, 1.807) is 48.8 Å². The highest BCUT2D eigenvalue weighted by Gasteiger charge is 2.12. The number of carbonyl (C=O) groups is 1. The molecule has 0 aliphatic heterocycles. The molecule has 100 valence electrons. The lowest BCUT2D eigenvalue weighted by Crippen LogP contribution is -2.01. The molecule has 2 rings (SSSR count). The number of ether oxygens (including phenoxy) is 1. The van der Waals surface area contributed by atoms with E-state index in [2.05, 4.69) is 0 Å². The van der Waals surface area contributed by atoms with Crippen molar-refractivity contribution >= 4 is 23.2 Å². The average Bonchev–Trinajstić information content (AvgIpc) is 2.89. The number of carbonyl (C=O) groups excluding carboxylic acids is 1. The summed E-state index contributed by atoms with van der Waals surface area (Å²) < 4.78 is 5.04. The molecule has 0 spiro atoms. The molecule has 2 aromatic rings. The summed E-state index contributed by atoms with van der Waals surface area (Å²) in [5.41, 5.74) is 0.615. The molecule has 0 aliphatic rings. The van der Waals surface area contributed by atoms with Gasteiger partial charge >= 0.3 is 0 Å². The van der Waals surface area contributed by atoms with Crippen molar-refractivity contribution < 1.29 is 9.53 Å². The van der Waals surface area contributed by atoms with Crippen LogP contribution in [0.5, 0.6) is 5.75 Å².